The summed E-state index contributed by atoms with van der Waals surface area (Å²) in [4.78, 5) is 2.61. The molecule has 1 aromatic carbocycles. The molecule has 0 saturated carbocycles. The molecule has 0 saturated heterocycles. The lowest BCUT2D eigenvalue weighted by molar-refractivity contribution is 0.185. The lowest BCUT2D eigenvalue weighted by Crippen LogP contribution is -2.39. The summed E-state index contributed by atoms with van der Waals surface area (Å²) in [6, 6.07) is 6.62. The van der Waals surface area contributed by atoms with Crippen molar-refractivity contribution in [2.45, 2.75) is 52.0 Å². The van der Waals surface area contributed by atoms with Crippen molar-refractivity contribution in [3.8, 4) is 5.75 Å². The highest BCUT2D eigenvalue weighted by atomic mass is 79.9. The largest absolute Gasteiger partial charge is 0.508 e. The van der Waals surface area contributed by atoms with Crippen LogP contribution in [0.2, 0.25) is 0 Å². The molecule has 3 heteroatoms. The highest BCUT2D eigenvalue weighted by Gasteiger charge is 2.24. The van der Waals surface area contributed by atoms with Crippen LogP contribution in [0.5, 0.6) is 5.75 Å². The predicted molar refractivity (Wildman–Crippen MR) is 86.4 cm³/mol. The zero-order chi connectivity index (χ0) is 13.0. The molecule has 0 heterocycles. The number of nitrogens with zero attached hydrogens (tertiary/aromatic N) is 1. The molecule has 0 amide bonds. The molecule has 1 aromatic rings. The molecule has 1 unspecified atom stereocenters. The van der Waals surface area contributed by atoms with Crippen LogP contribution in [0.1, 0.15) is 44.2 Å². The summed E-state index contributed by atoms with van der Waals surface area (Å²) in [5, 5.41) is 9.87. The fourth-order valence-corrected chi connectivity index (χ4v) is 3.04. The lowest BCUT2D eigenvalue weighted by Gasteiger charge is -2.34. The van der Waals surface area contributed by atoms with Gasteiger partial charge in [-0.1, -0.05) is 32.4 Å². The maximum atomic E-state index is 9.87. The van der Waals surface area contributed by atoms with Crippen molar-refractivity contribution < 1.29 is 5.11 Å². The molecule has 0 spiro atoms. The Bertz CT molecular complexity index is 394. The third-order valence-electron chi connectivity index (χ3n) is 4.15. The maximum Gasteiger partial charge on any atom is 0.119 e. The number of hydrogen-bond acceptors (Lipinski definition) is 2. The number of unbranched alkanes of at least 4 members (excludes halogenated alkanes) is 1. The Morgan fingerprint density at radius 2 is 2.11 bits per heavy atom. The molecule has 1 N–H and O–H groups in total. The Labute approximate surface area is 127 Å². The second kappa shape index (κ2) is 7.91. The summed E-state index contributed by atoms with van der Waals surface area (Å²) in [6.07, 6.45) is 5.86. The van der Waals surface area contributed by atoms with E-state index in [4.69, 9.17) is 0 Å². The Morgan fingerprint density at radius 1 is 1.32 bits per heavy atom. The first kappa shape index (κ1) is 16.5. The lowest BCUT2D eigenvalue weighted by atomic mass is 9.87. The predicted octanol–water partition coefficient (Wildman–Crippen LogP) is 3.95. The normalized spacial score (nSPS) is 17.9. The quantitative estimate of drug-likeness (QED) is 0.885. The molecule has 2 rings (SSSR count). The van der Waals surface area contributed by atoms with E-state index in [-0.39, 0.29) is 17.0 Å². The van der Waals surface area contributed by atoms with Gasteiger partial charge in [-0.25, -0.2) is 0 Å². The van der Waals surface area contributed by atoms with Gasteiger partial charge in [0.05, 0.1) is 0 Å². The van der Waals surface area contributed by atoms with Gasteiger partial charge in [0.1, 0.15) is 5.75 Å². The van der Waals surface area contributed by atoms with E-state index in [9.17, 15) is 5.11 Å². The van der Waals surface area contributed by atoms with Crippen molar-refractivity contribution in [3.63, 3.8) is 0 Å². The van der Waals surface area contributed by atoms with Crippen LogP contribution < -0.4 is 0 Å². The minimum atomic E-state index is 0. The molecule has 0 fully saturated rings. The number of rotatable bonds is 5. The maximum absolute atomic E-state index is 9.87. The minimum Gasteiger partial charge on any atom is -0.508 e. The number of phenols is 1. The first-order chi connectivity index (χ1) is 8.76. The van der Waals surface area contributed by atoms with Gasteiger partial charge in [0.25, 0.3) is 0 Å². The molecular weight excluding hydrogens is 302 g/mol. The molecule has 108 valence electrons. The van der Waals surface area contributed by atoms with Crippen molar-refractivity contribution in [1.29, 1.82) is 0 Å². The van der Waals surface area contributed by atoms with Crippen molar-refractivity contribution in [2.75, 3.05) is 13.1 Å². The van der Waals surface area contributed by atoms with E-state index >= 15 is 0 Å². The summed E-state index contributed by atoms with van der Waals surface area (Å²) < 4.78 is 0. The average Bonchev–Trinajstić information content (AvgIpc) is 2.40. The number of likely N-dealkylation sites (N-methyl/N-ethyl adjacent to an activating group) is 1. The van der Waals surface area contributed by atoms with Crippen LogP contribution in [0.25, 0.3) is 0 Å². The van der Waals surface area contributed by atoms with Crippen molar-refractivity contribution in [1.82, 2.24) is 4.90 Å². The van der Waals surface area contributed by atoms with Gasteiger partial charge in [-0.15, -0.1) is 17.0 Å². The summed E-state index contributed by atoms with van der Waals surface area (Å²) in [6.45, 7) is 6.86. The van der Waals surface area contributed by atoms with Gasteiger partial charge >= 0.3 is 0 Å². The molecule has 0 radical (unpaired) electrons. The van der Waals surface area contributed by atoms with Crippen LogP contribution >= 0.6 is 17.0 Å². The molecule has 0 aromatic heterocycles. The molecule has 2 nitrogen and oxygen atoms in total. The van der Waals surface area contributed by atoms with Gasteiger partial charge in [0, 0.05) is 6.04 Å². The topological polar surface area (TPSA) is 23.5 Å². The van der Waals surface area contributed by atoms with Crippen LogP contribution in [-0.4, -0.2) is 29.1 Å². The van der Waals surface area contributed by atoms with E-state index in [2.05, 4.69) is 24.8 Å². The Hall–Kier alpha value is -0.540. The van der Waals surface area contributed by atoms with E-state index in [0.29, 0.717) is 11.8 Å². The Morgan fingerprint density at radius 3 is 2.79 bits per heavy atom. The number of fused-ring (bicyclic) bond motifs is 1. The fourth-order valence-electron chi connectivity index (χ4n) is 3.04. The second-order valence-electron chi connectivity index (χ2n) is 5.29. The van der Waals surface area contributed by atoms with Crippen molar-refractivity contribution >= 4 is 17.0 Å². The van der Waals surface area contributed by atoms with Crippen molar-refractivity contribution in [3.05, 3.63) is 29.3 Å². The molecule has 1 atom stereocenters. The second-order valence-corrected chi connectivity index (χ2v) is 5.29. The smallest absolute Gasteiger partial charge is 0.119 e. The highest BCUT2D eigenvalue weighted by Crippen LogP contribution is 2.30. The molecule has 0 bridgehead atoms. The van der Waals surface area contributed by atoms with E-state index in [1.165, 1.54) is 36.9 Å². The summed E-state index contributed by atoms with van der Waals surface area (Å²) in [5.41, 5.74) is 2.53. The average molecular weight is 328 g/mol. The minimum absolute atomic E-state index is 0. The molecule has 0 aliphatic heterocycles. The van der Waals surface area contributed by atoms with E-state index in [1.807, 2.05) is 12.1 Å². The van der Waals surface area contributed by atoms with Gasteiger partial charge in [-0.05, 0) is 56.0 Å². The van der Waals surface area contributed by atoms with Crippen LogP contribution in [0, 0.1) is 0 Å². The summed E-state index contributed by atoms with van der Waals surface area (Å²) in [5.74, 6) is 0.488. The number of benzene rings is 1. The fraction of sp³-hybridized carbons (Fsp3) is 0.625. The zero-order valence-electron chi connectivity index (χ0n) is 12.1. The highest BCUT2D eigenvalue weighted by molar-refractivity contribution is 8.93. The monoisotopic (exact) mass is 327 g/mol. The first-order valence-electron chi connectivity index (χ1n) is 7.30. The third-order valence-corrected chi connectivity index (χ3v) is 4.15. The van der Waals surface area contributed by atoms with Gasteiger partial charge < -0.3 is 10.0 Å². The summed E-state index contributed by atoms with van der Waals surface area (Å²) >= 11 is 0. The molecule has 19 heavy (non-hydrogen) atoms. The van der Waals surface area contributed by atoms with Crippen LogP contribution in [-0.2, 0) is 12.8 Å². The zero-order valence-corrected chi connectivity index (χ0v) is 13.8. The van der Waals surface area contributed by atoms with Gasteiger partial charge in [-0.3, -0.25) is 0 Å². The Kier molecular flexibility index (Phi) is 6.87. The number of phenolic OH excluding ortho intramolecular Hbond substituents is 1. The van der Waals surface area contributed by atoms with Crippen molar-refractivity contribution in [2.24, 2.45) is 0 Å². The standard InChI is InChI=1S/C16H25NO.BrH/c1-3-5-11-17(4-2)14-9-10-15-13(12-14)7-6-8-16(15)18;/h6-8,14,18H,3-5,9-12H2,1-2H3;1H. The first-order valence-corrected chi connectivity index (χ1v) is 7.30. The van der Waals surface area contributed by atoms with Crippen LogP contribution in [0.15, 0.2) is 18.2 Å². The van der Waals surface area contributed by atoms with Gasteiger partial charge in [0.15, 0.2) is 0 Å². The van der Waals surface area contributed by atoms with Crippen LogP contribution in [0.3, 0.4) is 0 Å². The number of hydrogen-bond donors (Lipinski definition) is 1. The summed E-state index contributed by atoms with van der Waals surface area (Å²) in [7, 11) is 0. The van der Waals surface area contributed by atoms with Crippen LogP contribution in [0.4, 0.5) is 0 Å². The molecule has 1 aliphatic carbocycles. The molecular formula is C16H26BrNO. The van der Waals surface area contributed by atoms with E-state index < -0.39 is 0 Å². The Balaban J connectivity index is 0.00000180. The SMILES string of the molecule is Br.CCCCN(CC)C1CCc2c(O)cccc2C1. The van der Waals surface area contributed by atoms with E-state index in [1.54, 1.807) is 0 Å². The van der Waals surface area contributed by atoms with Gasteiger partial charge in [0.2, 0.25) is 0 Å². The number of aromatic hydroxyl groups is 1. The third kappa shape index (κ3) is 3.96. The number of halogens is 1. The molecule has 1 aliphatic rings. The van der Waals surface area contributed by atoms with E-state index in [0.717, 1.165) is 19.4 Å². The van der Waals surface area contributed by atoms with Gasteiger partial charge in [-0.2, -0.15) is 0 Å².